The van der Waals surface area contributed by atoms with E-state index in [1.54, 1.807) is 25.3 Å². The maximum atomic E-state index is 13.5. The van der Waals surface area contributed by atoms with Gasteiger partial charge in [-0.05, 0) is 48.9 Å². The second kappa shape index (κ2) is 11.5. The molecule has 9 nitrogen and oxygen atoms in total. The highest BCUT2D eigenvalue weighted by atomic mass is 35.5. The van der Waals surface area contributed by atoms with Gasteiger partial charge in [-0.3, -0.25) is 8.98 Å². The Morgan fingerprint density at radius 1 is 1.31 bits per heavy atom. The maximum Gasteiger partial charge on any atom is 0.333 e. The van der Waals surface area contributed by atoms with Crippen molar-refractivity contribution in [2.75, 3.05) is 19.0 Å². The van der Waals surface area contributed by atoms with Crippen LogP contribution in [0.25, 0.3) is 0 Å². The number of rotatable bonds is 10. The van der Waals surface area contributed by atoms with Crippen LogP contribution in [0.5, 0.6) is 0 Å². The Labute approximate surface area is 223 Å². The van der Waals surface area contributed by atoms with Gasteiger partial charge in [0.05, 0.1) is 21.4 Å². The molecule has 192 valence electrons. The van der Waals surface area contributed by atoms with Crippen molar-refractivity contribution in [3.8, 4) is 0 Å². The lowest BCUT2D eigenvalue weighted by Gasteiger charge is -2.16. The van der Waals surface area contributed by atoms with E-state index in [-0.39, 0.29) is 24.3 Å². The normalized spacial score (nSPS) is 18.8. The minimum absolute atomic E-state index is 0.0104. The molecule has 3 aromatic rings. The number of benzene rings is 1. The van der Waals surface area contributed by atoms with Crippen molar-refractivity contribution in [2.24, 2.45) is 11.1 Å². The fourth-order valence-corrected chi connectivity index (χ4v) is 6.12. The van der Waals surface area contributed by atoms with Crippen LogP contribution < -0.4 is 10.5 Å². The third-order valence-electron chi connectivity index (χ3n) is 5.91. The highest BCUT2D eigenvalue weighted by Gasteiger charge is 2.29. The van der Waals surface area contributed by atoms with Crippen LogP contribution in [0.15, 0.2) is 42.9 Å². The smallest absolute Gasteiger partial charge is 0.333 e. The van der Waals surface area contributed by atoms with Gasteiger partial charge in [-0.25, -0.2) is 15.1 Å². The predicted molar refractivity (Wildman–Crippen MR) is 139 cm³/mol. The number of hydrogen-bond acceptors (Lipinski definition) is 9. The topological polar surface area (TPSA) is 134 Å². The number of carbonyl (C=O) groups is 1. The van der Waals surface area contributed by atoms with E-state index in [9.17, 15) is 13.2 Å². The molecule has 0 radical (unpaired) electrons. The lowest BCUT2D eigenvalue weighted by atomic mass is 10.0. The van der Waals surface area contributed by atoms with E-state index >= 15 is 0 Å². The third-order valence-corrected chi connectivity index (χ3v) is 8.00. The highest BCUT2D eigenvalue weighted by molar-refractivity contribution is 7.84. The molecule has 13 heteroatoms. The summed E-state index contributed by atoms with van der Waals surface area (Å²) >= 11 is 13.8. The van der Waals surface area contributed by atoms with Gasteiger partial charge in [-0.15, -0.1) is 11.3 Å². The van der Waals surface area contributed by atoms with Gasteiger partial charge in [-0.1, -0.05) is 35.3 Å². The van der Waals surface area contributed by atoms with E-state index in [1.165, 1.54) is 12.5 Å². The van der Waals surface area contributed by atoms with Crippen LogP contribution in [-0.2, 0) is 19.2 Å². The average Bonchev–Trinajstić information content (AvgIpc) is 3.44. The zero-order valence-corrected chi connectivity index (χ0v) is 22.3. The van der Waals surface area contributed by atoms with Crippen molar-refractivity contribution in [2.45, 2.75) is 31.4 Å². The Morgan fingerprint density at radius 3 is 2.83 bits per heavy atom. The number of ether oxygens (including phenoxy) is 1. The van der Waals surface area contributed by atoms with Gasteiger partial charge < -0.3 is 10.1 Å². The van der Waals surface area contributed by atoms with Crippen LogP contribution in [0.4, 0.5) is 5.82 Å². The van der Waals surface area contributed by atoms with Crippen molar-refractivity contribution in [1.82, 2.24) is 9.97 Å². The number of hydrogen-bond donors (Lipinski definition) is 2. The van der Waals surface area contributed by atoms with E-state index < -0.39 is 16.4 Å². The molecular weight excluding hydrogens is 547 g/mol. The van der Waals surface area contributed by atoms with Gasteiger partial charge in [0.25, 0.3) is 0 Å². The van der Waals surface area contributed by atoms with Gasteiger partial charge in [0.2, 0.25) is 5.78 Å². The number of nitrogens with two attached hydrogens (primary N) is 1. The van der Waals surface area contributed by atoms with Gasteiger partial charge in [0.15, 0.2) is 0 Å². The Kier molecular flexibility index (Phi) is 8.61. The van der Waals surface area contributed by atoms with Crippen molar-refractivity contribution in [1.29, 1.82) is 0 Å². The molecule has 1 aliphatic carbocycles. The molecule has 1 aromatic carbocycles. The van der Waals surface area contributed by atoms with Crippen LogP contribution in [0.3, 0.4) is 0 Å². The number of methoxy groups -OCH3 is 1. The van der Waals surface area contributed by atoms with Crippen molar-refractivity contribution < 1.29 is 22.1 Å². The van der Waals surface area contributed by atoms with Crippen molar-refractivity contribution >= 4 is 56.4 Å². The molecule has 0 bridgehead atoms. The third kappa shape index (κ3) is 6.60. The molecule has 1 fully saturated rings. The standard InChI is InChI=1S/C23H24Cl2N4O5S2/c1-33-21(14-3-2-4-15(24)8-14)17-9-19(35-22(17)25)20(30)18-10-27-12-28-23(18)29-16-6-5-13(7-16)11-34-36(26,31)32/h2-4,8-10,12-13,16,21H,5-7,11H2,1H3,(H2,26,31,32)(H,27,28,29)/t13-,16+,21?/m1/s1. The number of anilines is 1. The van der Waals surface area contributed by atoms with Gasteiger partial charge in [0.1, 0.15) is 18.2 Å². The number of nitrogens with zero attached hydrogens (tertiary/aromatic N) is 2. The molecule has 36 heavy (non-hydrogen) atoms. The molecule has 3 N–H and O–H groups in total. The minimum atomic E-state index is -3.98. The summed E-state index contributed by atoms with van der Waals surface area (Å²) in [4.78, 5) is 22.2. The van der Waals surface area contributed by atoms with Crippen LogP contribution in [-0.4, -0.2) is 43.9 Å². The van der Waals surface area contributed by atoms with Crippen LogP contribution in [0.2, 0.25) is 9.36 Å². The number of thiophene rings is 1. The lowest BCUT2D eigenvalue weighted by molar-refractivity contribution is 0.104. The largest absolute Gasteiger partial charge is 0.372 e. The summed E-state index contributed by atoms with van der Waals surface area (Å²) in [6, 6.07) is 8.98. The van der Waals surface area contributed by atoms with Crippen molar-refractivity contribution in [3.05, 3.63) is 73.8 Å². The summed E-state index contributed by atoms with van der Waals surface area (Å²) in [5.41, 5.74) is 1.79. The quantitative estimate of drug-likeness (QED) is 0.337. The predicted octanol–water partition coefficient (Wildman–Crippen LogP) is 4.61. The summed E-state index contributed by atoms with van der Waals surface area (Å²) in [5, 5.41) is 8.79. The number of aromatic nitrogens is 2. The lowest BCUT2D eigenvalue weighted by Crippen LogP contribution is -2.22. The number of ketones is 1. The van der Waals surface area contributed by atoms with E-state index in [4.69, 9.17) is 37.3 Å². The number of halogens is 2. The molecule has 2 heterocycles. The van der Waals surface area contributed by atoms with Crippen LogP contribution >= 0.6 is 34.5 Å². The SMILES string of the molecule is COC(c1cccc(Cl)c1)c1cc(C(=O)c2cncnc2N[C@H]2CC[C@@H](COS(N)(=O)=O)C2)sc1Cl. The first kappa shape index (κ1) is 26.9. The van der Waals surface area contributed by atoms with Crippen molar-refractivity contribution in [3.63, 3.8) is 0 Å². The maximum absolute atomic E-state index is 13.5. The molecule has 0 spiro atoms. The molecular formula is C23H24Cl2N4O5S2. The molecule has 0 aliphatic heterocycles. The summed E-state index contributed by atoms with van der Waals surface area (Å²) in [6.45, 7) is 0.0241. The van der Waals surface area contributed by atoms with Gasteiger partial charge in [0, 0.05) is 29.9 Å². The molecule has 2 aromatic heterocycles. The average molecular weight is 572 g/mol. The fraction of sp³-hybridized carbons (Fsp3) is 0.348. The van der Waals surface area contributed by atoms with Crippen LogP contribution in [0.1, 0.15) is 51.7 Å². The molecule has 1 saturated carbocycles. The summed E-state index contributed by atoms with van der Waals surface area (Å²) in [7, 11) is -2.41. The Bertz CT molecular complexity index is 1350. The fourth-order valence-electron chi connectivity index (χ4n) is 4.27. The number of carbonyl (C=O) groups excluding carboxylic acids is 1. The molecule has 0 saturated heterocycles. The van der Waals surface area contributed by atoms with E-state index in [0.717, 1.165) is 29.7 Å². The van der Waals surface area contributed by atoms with Gasteiger partial charge >= 0.3 is 10.3 Å². The number of nitrogens with one attached hydrogen (secondary N) is 1. The minimum Gasteiger partial charge on any atom is -0.372 e. The monoisotopic (exact) mass is 570 g/mol. The first-order valence-corrected chi connectivity index (χ1v) is 14.0. The zero-order chi connectivity index (χ0) is 25.9. The summed E-state index contributed by atoms with van der Waals surface area (Å²) in [6.07, 6.45) is 4.51. The second-order valence-corrected chi connectivity index (χ2v) is 11.7. The van der Waals surface area contributed by atoms with E-state index in [1.807, 2.05) is 12.1 Å². The molecule has 3 atom stereocenters. The zero-order valence-electron chi connectivity index (χ0n) is 19.2. The Hall–Kier alpha value is -2.12. The Balaban J connectivity index is 1.51. The summed E-state index contributed by atoms with van der Waals surface area (Å²) in [5.74, 6) is 0.152. The Morgan fingerprint density at radius 2 is 2.11 bits per heavy atom. The van der Waals surface area contributed by atoms with E-state index in [2.05, 4.69) is 15.3 Å². The summed E-state index contributed by atoms with van der Waals surface area (Å²) < 4.78 is 33.0. The molecule has 4 rings (SSSR count). The second-order valence-electron chi connectivity index (χ2n) is 8.42. The van der Waals surface area contributed by atoms with E-state index in [0.29, 0.717) is 37.6 Å². The molecule has 1 aliphatic rings. The van der Waals surface area contributed by atoms with Crippen LogP contribution in [0, 0.1) is 5.92 Å². The molecule has 1 unspecified atom stereocenters. The highest BCUT2D eigenvalue weighted by Crippen LogP contribution is 2.39. The van der Waals surface area contributed by atoms with Gasteiger partial charge in [-0.2, -0.15) is 8.42 Å². The first-order valence-electron chi connectivity index (χ1n) is 11.0. The molecule has 0 amide bonds. The first-order chi connectivity index (χ1) is 17.1.